The predicted molar refractivity (Wildman–Crippen MR) is 48.1 cm³/mol. The number of aliphatic hydroxyl groups is 1. The second kappa shape index (κ2) is 4.13. The SMILES string of the molecule is N[C@@H](CO)c1ccc(F)c(Br)c1F. The zero-order valence-corrected chi connectivity index (χ0v) is 8.18. The van der Waals surface area contributed by atoms with Gasteiger partial charge in [0.25, 0.3) is 0 Å². The van der Waals surface area contributed by atoms with Crippen molar-refractivity contribution in [2.24, 2.45) is 5.73 Å². The first-order valence-electron chi connectivity index (χ1n) is 3.57. The van der Waals surface area contributed by atoms with E-state index in [9.17, 15) is 8.78 Å². The Morgan fingerprint density at radius 2 is 2.08 bits per heavy atom. The van der Waals surface area contributed by atoms with Gasteiger partial charge in [-0.15, -0.1) is 0 Å². The van der Waals surface area contributed by atoms with Crippen molar-refractivity contribution in [3.63, 3.8) is 0 Å². The molecular formula is C8H8BrF2NO. The van der Waals surface area contributed by atoms with Crippen molar-refractivity contribution in [1.29, 1.82) is 0 Å². The molecule has 0 aliphatic heterocycles. The molecule has 72 valence electrons. The van der Waals surface area contributed by atoms with Gasteiger partial charge in [-0.05, 0) is 22.0 Å². The monoisotopic (exact) mass is 251 g/mol. The fraction of sp³-hybridized carbons (Fsp3) is 0.250. The van der Waals surface area contributed by atoms with Crippen LogP contribution in [0.4, 0.5) is 8.78 Å². The lowest BCUT2D eigenvalue weighted by molar-refractivity contribution is 0.265. The first-order chi connectivity index (χ1) is 6.07. The van der Waals surface area contributed by atoms with Crippen LogP contribution >= 0.6 is 15.9 Å². The molecule has 0 saturated carbocycles. The molecule has 0 aliphatic carbocycles. The highest BCUT2D eigenvalue weighted by Gasteiger charge is 2.15. The molecule has 0 aromatic heterocycles. The van der Waals surface area contributed by atoms with Crippen LogP contribution in [-0.4, -0.2) is 11.7 Å². The summed E-state index contributed by atoms with van der Waals surface area (Å²) in [6, 6.07) is 1.49. The van der Waals surface area contributed by atoms with Crippen LogP contribution in [0.5, 0.6) is 0 Å². The smallest absolute Gasteiger partial charge is 0.145 e. The summed E-state index contributed by atoms with van der Waals surface area (Å²) in [5, 5.41) is 8.67. The molecule has 3 N–H and O–H groups in total. The number of aliphatic hydroxyl groups excluding tert-OH is 1. The van der Waals surface area contributed by atoms with Crippen molar-refractivity contribution < 1.29 is 13.9 Å². The lowest BCUT2D eigenvalue weighted by Gasteiger charge is -2.10. The number of nitrogens with two attached hydrogens (primary N) is 1. The van der Waals surface area contributed by atoms with Gasteiger partial charge in [-0.2, -0.15) is 0 Å². The first kappa shape index (κ1) is 10.6. The molecular weight excluding hydrogens is 244 g/mol. The Morgan fingerprint density at radius 3 is 2.62 bits per heavy atom. The highest BCUT2D eigenvalue weighted by atomic mass is 79.9. The largest absolute Gasteiger partial charge is 0.394 e. The van der Waals surface area contributed by atoms with Crippen LogP contribution in [0.2, 0.25) is 0 Å². The summed E-state index contributed by atoms with van der Waals surface area (Å²) in [4.78, 5) is 0. The van der Waals surface area contributed by atoms with E-state index in [2.05, 4.69) is 15.9 Å². The average molecular weight is 252 g/mol. The van der Waals surface area contributed by atoms with E-state index in [1.54, 1.807) is 0 Å². The molecule has 1 aromatic rings. The minimum atomic E-state index is -0.822. The maximum atomic E-state index is 13.2. The van der Waals surface area contributed by atoms with E-state index in [0.717, 1.165) is 6.07 Å². The molecule has 2 nitrogen and oxygen atoms in total. The highest BCUT2D eigenvalue weighted by molar-refractivity contribution is 9.10. The van der Waals surface area contributed by atoms with Crippen molar-refractivity contribution in [2.45, 2.75) is 6.04 Å². The van der Waals surface area contributed by atoms with Gasteiger partial charge < -0.3 is 10.8 Å². The highest BCUT2D eigenvalue weighted by Crippen LogP contribution is 2.25. The molecule has 1 atom stereocenters. The molecule has 1 aromatic carbocycles. The molecule has 1 rings (SSSR count). The standard InChI is InChI=1S/C8H8BrF2NO/c9-7-5(10)2-1-4(8(7)11)6(12)3-13/h1-2,6,13H,3,12H2/t6-/m0/s1. The van der Waals surface area contributed by atoms with Crippen molar-refractivity contribution in [1.82, 2.24) is 0 Å². The Kier molecular flexibility index (Phi) is 3.35. The number of halogens is 3. The van der Waals surface area contributed by atoms with E-state index >= 15 is 0 Å². The quantitative estimate of drug-likeness (QED) is 0.787. The van der Waals surface area contributed by atoms with Crippen LogP contribution in [-0.2, 0) is 0 Å². The molecule has 0 radical (unpaired) electrons. The van der Waals surface area contributed by atoms with Gasteiger partial charge >= 0.3 is 0 Å². The summed E-state index contributed by atoms with van der Waals surface area (Å²) >= 11 is 2.74. The third kappa shape index (κ3) is 2.04. The molecule has 0 aliphatic rings. The van der Waals surface area contributed by atoms with Crippen molar-refractivity contribution in [3.8, 4) is 0 Å². The summed E-state index contributed by atoms with van der Waals surface area (Å²) in [7, 11) is 0. The van der Waals surface area contributed by atoms with Gasteiger partial charge in [0, 0.05) is 5.56 Å². The zero-order chi connectivity index (χ0) is 10.0. The second-order valence-corrected chi connectivity index (χ2v) is 3.35. The number of hydrogen-bond donors (Lipinski definition) is 2. The van der Waals surface area contributed by atoms with Crippen LogP contribution in [0.15, 0.2) is 16.6 Å². The van der Waals surface area contributed by atoms with Crippen molar-refractivity contribution in [2.75, 3.05) is 6.61 Å². The molecule has 0 amide bonds. The summed E-state index contributed by atoms with van der Waals surface area (Å²) in [5.41, 5.74) is 5.47. The van der Waals surface area contributed by atoms with Gasteiger partial charge in [0.15, 0.2) is 0 Å². The Bertz CT molecular complexity index is 319. The van der Waals surface area contributed by atoms with Gasteiger partial charge in [-0.1, -0.05) is 6.07 Å². The Hall–Kier alpha value is -0.520. The fourth-order valence-electron chi connectivity index (χ4n) is 0.926. The minimum absolute atomic E-state index is 0.0933. The molecule has 0 spiro atoms. The number of hydrogen-bond acceptors (Lipinski definition) is 2. The molecule has 0 fully saturated rings. The van der Waals surface area contributed by atoms with Gasteiger partial charge in [-0.3, -0.25) is 0 Å². The first-order valence-corrected chi connectivity index (χ1v) is 4.37. The third-order valence-corrected chi connectivity index (χ3v) is 2.39. The summed E-state index contributed by atoms with van der Waals surface area (Å²) in [5.74, 6) is -1.45. The van der Waals surface area contributed by atoms with Crippen molar-refractivity contribution >= 4 is 15.9 Å². The summed E-state index contributed by atoms with van der Waals surface area (Å²) in [6.45, 7) is -0.380. The lowest BCUT2D eigenvalue weighted by atomic mass is 10.1. The van der Waals surface area contributed by atoms with E-state index in [4.69, 9.17) is 10.8 Å². The molecule has 5 heteroatoms. The number of rotatable bonds is 2. The van der Waals surface area contributed by atoms with Crippen LogP contribution in [0, 0.1) is 11.6 Å². The van der Waals surface area contributed by atoms with Crippen LogP contribution in [0.1, 0.15) is 11.6 Å². The second-order valence-electron chi connectivity index (χ2n) is 2.55. The molecule has 0 bridgehead atoms. The predicted octanol–water partition coefficient (Wildman–Crippen LogP) is 1.72. The minimum Gasteiger partial charge on any atom is -0.394 e. The van der Waals surface area contributed by atoms with Gasteiger partial charge in [-0.25, -0.2) is 8.78 Å². The van der Waals surface area contributed by atoms with E-state index < -0.39 is 17.7 Å². The average Bonchev–Trinajstić information content (AvgIpc) is 2.13. The van der Waals surface area contributed by atoms with E-state index in [-0.39, 0.29) is 16.6 Å². The summed E-state index contributed by atoms with van der Waals surface area (Å²) < 4.78 is 25.7. The van der Waals surface area contributed by atoms with Crippen LogP contribution in [0.3, 0.4) is 0 Å². The number of benzene rings is 1. The molecule has 0 heterocycles. The third-order valence-electron chi connectivity index (χ3n) is 1.66. The summed E-state index contributed by atoms with van der Waals surface area (Å²) in [6.07, 6.45) is 0. The molecule has 13 heavy (non-hydrogen) atoms. The van der Waals surface area contributed by atoms with Gasteiger partial charge in [0.05, 0.1) is 17.1 Å². The Balaban J connectivity index is 3.18. The van der Waals surface area contributed by atoms with Gasteiger partial charge in [0.2, 0.25) is 0 Å². The van der Waals surface area contributed by atoms with Crippen LogP contribution < -0.4 is 5.73 Å². The Morgan fingerprint density at radius 1 is 1.46 bits per heavy atom. The van der Waals surface area contributed by atoms with E-state index in [1.165, 1.54) is 6.07 Å². The normalized spacial score (nSPS) is 13.0. The lowest BCUT2D eigenvalue weighted by Crippen LogP contribution is -2.16. The van der Waals surface area contributed by atoms with Gasteiger partial charge in [0.1, 0.15) is 11.6 Å². The zero-order valence-electron chi connectivity index (χ0n) is 6.60. The van der Waals surface area contributed by atoms with E-state index in [0.29, 0.717) is 0 Å². The van der Waals surface area contributed by atoms with E-state index in [1.807, 2.05) is 0 Å². The maximum Gasteiger partial charge on any atom is 0.145 e. The Labute approximate surface area is 82.5 Å². The fourth-order valence-corrected chi connectivity index (χ4v) is 1.29. The maximum absolute atomic E-state index is 13.2. The van der Waals surface area contributed by atoms with Crippen LogP contribution in [0.25, 0.3) is 0 Å². The topological polar surface area (TPSA) is 46.2 Å². The molecule has 0 saturated heterocycles. The van der Waals surface area contributed by atoms with Crippen molar-refractivity contribution in [3.05, 3.63) is 33.8 Å². The molecule has 0 unspecified atom stereocenters.